The number of hydrogen-bond acceptors (Lipinski definition) is 4. The van der Waals surface area contributed by atoms with Crippen molar-refractivity contribution in [2.24, 2.45) is 5.73 Å². The Hall–Kier alpha value is -2.53. The molecule has 0 unspecified atom stereocenters. The first kappa shape index (κ1) is 12.5. The quantitative estimate of drug-likeness (QED) is 0.775. The molecule has 3 aromatic rings. The molecule has 0 amide bonds. The number of nitrogens with two attached hydrogens (primary N) is 1. The predicted molar refractivity (Wildman–Crippen MR) is 77.2 cm³/mol. The highest BCUT2D eigenvalue weighted by Crippen LogP contribution is 2.07. The van der Waals surface area contributed by atoms with Crippen molar-refractivity contribution in [3.05, 3.63) is 70.0 Å². The largest absolute Gasteiger partial charge is 0.326 e. The molecule has 0 fully saturated rings. The zero-order valence-electron chi connectivity index (χ0n) is 10.9. The molecule has 1 heterocycles. The lowest BCUT2D eigenvalue weighted by Gasteiger charge is -2.06. The minimum absolute atomic E-state index is 0.131. The van der Waals surface area contributed by atoms with Gasteiger partial charge in [0.15, 0.2) is 0 Å². The van der Waals surface area contributed by atoms with Gasteiger partial charge in [0, 0.05) is 6.54 Å². The summed E-state index contributed by atoms with van der Waals surface area (Å²) in [4.78, 5) is 12.3. The molecule has 5 nitrogen and oxygen atoms in total. The third-order valence-electron chi connectivity index (χ3n) is 3.19. The number of aromatic nitrogens is 3. The summed E-state index contributed by atoms with van der Waals surface area (Å²) in [5.74, 6) is 0. The van der Waals surface area contributed by atoms with Gasteiger partial charge in [-0.05, 0) is 23.3 Å². The molecule has 2 N–H and O–H groups in total. The summed E-state index contributed by atoms with van der Waals surface area (Å²) in [7, 11) is 0. The molecule has 1 aromatic heterocycles. The Morgan fingerprint density at radius 3 is 2.70 bits per heavy atom. The summed E-state index contributed by atoms with van der Waals surface area (Å²) in [6, 6.07) is 15.0. The predicted octanol–water partition coefficient (Wildman–Crippen LogP) is 1.30. The summed E-state index contributed by atoms with van der Waals surface area (Å²) in [6.07, 6.45) is 0. The highest BCUT2D eigenvalue weighted by Gasteiger charge is 2.05. The topological polar surface area (TPSA) is 73.8 Å². The van der Waals surface area contributed by atoms with Gasteiger partial charge in [0.05, 0.1) is 11.9 Å². The van der Waals surface area contributed by atoms with E-state index in [-0.39, 0.29) is 5.56 Å². The molecule has 2 aromatic carbocycles. The number of nitrogens with zero attached hydrogens (tertiary/aromatic N) is 3. The van der Waals surface area contributed by atoms with Crippen LogP contribution in [-0.4, -0.2) is 15.0 Å². The second-order valence-corrected chi connectivity index (χ2v) is 4.59. The molecule has 5 heteroatoms. The lowest BCUT2D eigenvalue weighted by atomic mass is 10.1. The van der Waals surface area contributed by atoms with E-state index in [1.807, 2.05) is 36.4 Å². The van der Waals surface area contributed by atoms with Gasteiger partial charge in [-0.1, -0.05) is 41.6 Å². The van der Waals surface area contributed by atoms with E-state index in [1.165, 1.54) is 4.68 Å². The lowest BCUT2D eigenvalue weighted by Crippen LogP contribution is -2.24. The summed E-state index contributed by atoms with van der Waals surface area (Å²) in [6.45, 7) is 0.872. The second-order valence-electron chi connectivity index (χ2n) is 4.59. The van der Waals surface area contributed by atoms with Gasteiger partial charge in [0.2, 0.25) is 0 Å². The van der Waals surface area contributed by atoms with Crippen molar-refractivity contribution in [2.45, 2.75) is 13.1 Å². The zero-order valence-corrected chi connectivity index (χ0v) is 10.9. The number of hydrogen-bond donors (Lipinski definition) is 1. The Morgan fingerprint density at radius 2 is 1.85 bits per heavy atom. The first-order valence-corrected chi connectivity index (χ1v) is 6.38. The van der Waals surface area contributed by atoms with Gasteiger partial charge >= 0.3 is 0 Å². The van der Waals surface area contributed by atoms with Crippen molar-refractivity contribution in [1.82, 2.24) is 15.0 Å². The molecule has 0 radical (unpaired) electrons. The van der Waals surface area contributed by atoms with Crippen molar-refractivity contribution in [1.29, 1.82) is 0 Å². The van der Waals surface area contributed by atoms with Crippen LogP contribution in [0.25, 0.3) is 10.9 Å². The van der Waals surface area contributed by atoms with Crippen molar-refractivity contribution >= 4 is 10.9 Å². The van der Waals surface area contributed by atoms with Crippen LogP contribution in [0.1, 0.15) is 11.1 Å². The lowest BCUT2D eigenvalue weighted by molar-refractivity contribution is 0.600. The Balaban J connectivity index is 2.02. The first-order valence-electron chi connectivity index (χ1n) is 6.38. The third-order valence-corrected chi connectivity index (χ3v) is 3.19. The minimum atomic E-state index is -0.131. The van der Waals surface area contributed by atoms with Crippen LogP contribution in [0.4, 0.5) is 0 Å². The van der Waals surface area contributed by atoms with E-state index in [1.54, 1.807) is 12.1 Å². The maximum absolute atomic E-state index is 12.3. The van der Waals surface area contributed by atoms with Gasteiger partial charge in [0.25, 0.3) is 5.56 Å². The molecule has 0 spiro atoms. The fourth-order valence-electron chi connectivity index (χ4n) is 2.15. The monoisotopic (exact) mass is 266 g/mol. The van der Waals surface area contributed by atoms with Gasteiger partial charge < -0.3 is 5.73 Å². The van der Waals surface area contributed by atoms with Crippen LogP contribution in [0.15, 0.2) is 53.3 Å². The molecule has 0 aliphatic rings. The van der Waals surface area contributed by atoms with Gasteiger partial charge in [0.1, 0.15) is 5.52 Å². The summed E-state index contributed by atoms with van der Waals surface area (Å²) >= 11 is 0. The van der Waals surface area contributed by atoms with Gasteiger partial charge in [-0.3, -0.25) is 4.79 Å². The highest BCUT2D eigenvalue weighted by molar-refractivity contribution is 5.76. The second kappa shape index (κ2) is 5.22. The van der Waals surface area contributed by atoms with Crippen LogP contribution in [0.5, 0.6) is 0 Å². The zero-order chi connectivity index (χ0) is 13.9. The molecular weight excluding hydrogens is 252 g/mol. The highest BCUT2D eigenvalue weighted by atomic mass is 16.1. The van der Waals surface area contributed by atoms with Crippen LogP contribution < -0.4 is 11.3 Å². The van der Waals surface area contributed by atoms with E-state index >= 15 is 0 Å². The summed E-state index contributed by atoms with van der Waals surface area (Å²) in [5, 5.41) is 8.63. The van der Waals surface area contributed by atoms with E-state index in [4.69, 9.17) is 5.73 Å². The summed E-state index contributed by atoms with van der Waals surface area (Å²) in [5.41, 5.74) is 8.12. The molecule has 0 aliphatic heterocycles. The molecule has 100 valence electrons. The fourth-order valence-corrected chi connectivity index (χ4v) is 2.15. The SMILES string of the molecule is NCc1cccc(Cn2nnc3ccccc3c2=O)c1. The van der Waals surface area contributed by atoms with Crippen LogP contribution in [0.3, 0.4) is 0 Å². The molecule has 0 saturated heterocycles. The molecular formula is C15H14N4O. The maximum atomic E-state index is 12.3. The third kappa shape index (κ3) is 2.31. The van der Waals surface area contributed by atoms with Crippen molar-refractivity contribution in [3.8, 4) is 0 Å². The van der Waals surface area contributed by atoms with Crippen LogP contribution in [0.2, 0.25) is 0 Å². The molecule has 0 aliphatic carbocycles. The number of benzene rings is 2. The van der Waals surface area contributed by atoms with Gasteiger partial charge in [-0.25, -0.2) is 4.68 Å². The average Bonchev–Trinajstić information content (AvgIpc) is 2.50. The van der Waals surface area contributed by atoms with E-state index in [0.29, 0.717) is 24.0 Å². The van der Waals surface area contributed by atoms with Gasteiger partial charge in [-0.15, -0.1) is 5.10 Å². The van der Waals surface area contributed by atoms with Crippen LogP contribution in [0, 0.1) is 0 Å². The Labute approximate surface area is 115 Å². The van der Waals surface area contributed by atoms with Gasteiger partial charge in [-0.2, -0.15) is 0 Å². The Kier molecular flexibility index (Phi) is 3.26. The molecule has 0 saturated carbocycles. The Bertz CT molecular complexity index is 810. The van der Waals surface area contributed by atoms with Crippen molar-refractivity contribution in [2.75, 3.05) is 0 Å². The maximum Gasteiger partial charge on any atom is 0.277 e. The van der Waals surface area contributed by atoms with E-state index in [2.05, 4.69) is 10.3 Å². The Morgan fingerprint density at radius 1 is 1.05 bits per heavy atom. The van der Waals surface area contributed by atoms with Crippen molar-refractivity contribution < 1.29 is 0 Å². The normalized spacial score (nSPS) is 10.8. The molecule has 3 rings (SSSR count). The molecule has 0 atom stereocenters. The molecule has 0 bridgehead atoms. The fraction of sp³-hybridized carbons (Fsp3) is 0.133. The summed E-state index contributed by atoms with van der Waals surface area (Å²) < 4.78 is 1.37. The van der Waals surface area contributed by atoms with E-state index in [9.17, 15) is 4.79 Å². The number of rotatable bonds is 3. The van der Waals surface area contributed by atoms with E-state index < -0.39 is 0 Å². The standard InChI is InChI=1S/C15H14N4O/c16-9-11-4-3-5-12(8-11)10-19-15(20)13-6-1-2-7-14(13)17-18-19/h1-8H,9-10,16H2. The molecule has 20 heavy (non-hydrogen) atoms. The number of fused-ring (bicyclic) bond motifs is 1. The first-order chi connectivity index (χ1) is 9.78. The smallest absolute Gasteiger partial charge is 0.277 e. The minimum Gasteiger partial charge on any atom is -0.326 e. The average molecular weight is 266 g/mol. The van der Waals surface area contributed by atoms with E-state index in [0.717, 1.165) is 11.1 Å². The van der Waals surface area contributed by atoms with Crippen LogP contribution >= 0.6 is 0 Å². The van der Waals surface area contributed by atoms with Crippen molar-refractivity contribution in [3.63, 3.8) is 0 Å². The van der Waals surface area contributed by atoms with Crippen LogP contribution in [-0.2, 0) is 13.1 Å².